The Balaban J connectivity index is 1.46. The first-order valence-electron chi connectivity index (χ1n) is 11.0. The smallest absolute Gasteiger partial charge is 0.246 e. The Morgan fingerprint density at radius 1 is 1.27 bits per heavy atom. The van der Waals surface area contributed by atoms with Gasteiger partial charge in [0, 0.05) is 23.8 Å². The third-order valence-electron chi connectivity index (χ3n) is 6.25. The third-order valence-corrected chi connectivity index (χ3v) is 8.37. The molecule has 1 aliphatic heterocycles. The highest BCUT2D eigenvalue weighted by Gasteiger charge is 2.44. The molecule has 9 heteroatoms. The molecule has 33 heavy (non-hydrogen) atoms. The molecule has 1 atom stereocenters. The van der Waals surface area contributed by atoms with Gasteiger partial charge in [0.15, 0.2) is 0 Å². The third kappa shape index (κ3) is 4.86. The van der Waals surface area contributed by atoms with Gasteiger partial charge < -0.3 is 10.1 Å². The second kappa shape index (κ2) is 9.34. The van der Waals surface area contributed by atoms with E-state index in [-0.39, 0.29) is 28.5 Å². The van der Waals surface area contributed by atoms with Crippen molar-refractivity contribution in [1.29, 1.82) is 5.26 Å². The van der Waals surface area contributed by atoms with Crippen LogP contribution in [0, 0.1) is 17.2 Å². The fraction of sp³-hybridized carbons (Fsp3) is 0.417. The van der Waals surface area contributed by atoms with Gasteiger partial charge in [-0.05, 0) is 68.5 Å². The first-order chi connectivity index (χ1) is 15.8. The molecule has 1 saturated carbocycles. The molecule has 0 spiro atoms. The molecule has 0 bridgehead atoms. The molecular weight excluding hydrogens is 462 g/mol. The molecule has 1 heterocycles. The molecule has 174 valence electrons. The van der Waals surface area contributed by atoms with Crippen molar-refractivity contribution in [3.05, 3.63) is 53.1 Å². The molecule has 2 aliphatic rings. The number of benzene rings is 2. The maximum absolute atomic E-state index is 13.4. The molecule has 1 aliphatic carbocycles. The van der Waals surface area contributed by atoms with E-state index in [4.69, 9.17) is 16.3 Å². The van der Waals surface area contributed by atoms with E-state index in [1.165, 1.54) is 10.4 Å². The number of ether oxygens (including phenoxy) is 1. The molecule has 2 aromatic rings. The maximum Gasteiger partial charge on any atom is 0.246 e. The lowest BCUT2D eigenvalue weighted by molar-refractivity contribution is -0.120. The Kier molecular flexibility index (Phi) is 6.66. The van der Waals surface area contributed by atoms with E-state index < -0.39 is 15.9 Å². The number of nitrogens with zero attached hydrogens (tertiary/aromatic N) is 2. The van der Waals surface area contributed by atoms with Crippen LogP contribution in [0.4, 0.5) is 5.69 Å². The molecule has 0 radical (unpaired) electrons. The van der Waals surface area contributed by atoms with Gasteiger partial charge in [-0.25, -0.2) is 8.42 Å². The van der Waals surface area contributed by atoms with Crippen LogP contribution in [-0.2, 0) is 20.2 Å². The molecule has 0 aromatic heterocycles. The first kappa shape index (κ1) is 23.6. The van der Waals surface area contributed by atoms with Crippen LogP contribution in [0.2, 0.25) is 5.02 Å². The summed E-state index contributed by atoms with van der Waals surface area (Å²) in [6.45, 7) is 2.52. The van der Waals surface area contributed by atoms with E-state index in [0.29, 0.717) is 36.7 Å². The lowest BCUT2D eigenvalue weighted by atomic mass is 9.97. The highest BCUT2D eigenvalue weighted by molar-refractivity contribution is 7.89. The van der Waals surface area contributed by atoms with Crippen LogP contribution >= 0.6 is 11.6 Å². The molecule has 4 rings (SSSR count). The van der Waals surface area contributed by atoms with Gasteiger partial charge in [0.1, 0.15) is 10.6 Å². The molecule has 1 amide bonds. The molecule has 1 saturated heterocycles. The highest BCUT2D eigenvalue weighted by Crippen LogP contribution is 2.47. The summed E-state index contributed by atoms with van der Waals surface area (Å²) in [6.07, 6.45) is 2.89. The van der Waals surface area contributed by atoms with E-state index in [1.54, 1.807) is 31.2 Å². The number of piperidine rings is 1. The van der Waals surface area contributed by atoms with Crippen molar-refractivity contribution in [2.45, 2.75) is 42.9 Å². The first-order valence-corrected chi connectivity index (χ1v) is 12.9. The summed E-state index contributed by atoms with van der Waals surface area (Å²) in [6, 6.07) is 14.2. The zero-order chi connectivity index (χ0) is 23.6. The number of hydrogen-bond acceptors (Lipinski definition) is 5. The minimum absolute atomic E-state index is 0.0139. The summed E-state index contributed by atoms with van der Waals surface area (Å²) in [4.78, 5) is 12.9. The number of nitriles is 1. The predicted molar refractivity (Wildman–Crippen MR) is 126 cm³/mol. The zero-order valence-electron chi connectivity index (χ0n) is 18.4. The quantitative estimate of drug-likeness (QED) is 0.626. The van der Waals surface area contributed by atoms with Crippen LogP contribution < -0.4 is 10.1 Å². The normalized spacial score (nSPS) is 20.0. The standard InChI is InChI=1S/C24H26ClN3O4S/c1-2-32-21-10-7-19(25)14-22(21)33(30,31)28-13-3-4-17(15-28)23(29)27-20-8-5-18(6-9-20)24(16-26)11-12-24/h5-10,14,17H,2-4,11-13,15H2,1H3,(H,27,29). The fourth-order valence-corrected chi connectivity index (χ4v) is 6.10. The molecule has 1 N–H and O–H groups in total. The number of sulfonamides is 1. The number of nitrogens with one attached hydrogen (secondary N) is 1. The van der Waals surface area contributed by atoms with Crippen LogP contribution in [0.3, 0.4) is 0 Å². The van der Waals surface area contributed by atoms with Gasteiger partial charge >= 0.3 is 0 Å². The van der Waals surface area contributed by atoms with Gasteiger partial charge in [0.2, 0.25) is 15.9 Å². The Morgan fingerprint density at radius 2 is 2.00 bits per heavy atom. The summed E-state index contributed by atoms with van der Waals surface area (Å²) < 4.78 is 33.6. The number of hydrogen-bond donors (Lipinski definition) is 1. The van der Waals surface area contributed by atoms with Crippen molar-refractivity contribution in [3.8, 4) is 11.8 Å². The van der Waals surface area contributed by atoms with Crippen molar-refractivity contribution < 1.29 is 17.9 Å². The van der Waals surface area contributed by atoms with Crippen LogP contribution in [0.1, 0.15) is 38.2 Å². The fourth-order valence-electron chi connectivity index (χ4n) is 4.18. The van der Waals surface area contributed by atoms with Crippen molar-refractivity contribution in [3.63, 3.8) is 0 Å². The lowest BCUT2D eigenvalue weighted by Gasteiger charge is -2.31. The summed E-state index contributed by atoms with van der Waals surface area (Å²) in [5.41, 5.74) is 1.22. The number of halogens is 1. The Bertz CT molecular complexity index is 1190. The minimum atomic E-state index is -3.88. The van der Waals surface area contributed by atoms with Crippen molar-refractivity contribution in [2.24, 2.45) is 5.92 Å². The van der Waals surface area contributed by atoms with Crippen molar-refractivity contribution in [2.75, 3.05) is 25.0 Å². The summed E-state index contributed by atoms with van der Waals surface area (Å²) in [5, 5.41) is 12.5. The van der Waals surface area contributed by atoms with Gasteiger partial charge in [0.25, 0.3) is 0 Å². The van der Waals surface area contributed by atoms with Crippen LogP contribution in [0.5, 0.6) is 5.75 Å². The van der Waals surface area contributed by atoms with Gasteiger partial charge in [-0.3, -0.25) is 4.79 Å². The summed E-state index contributed by atoms with van der Waals surface area (Å²) in [7, 11) is -3.88. The Labute approximate surface area is 199 Å². The number of carbonyl (C=O) groups excluding carboxylic acids is 1. The number of carbonyl (C=O) groups is 1. The van der Waals surface area contributed by atoms with Crippen molar-refractivity contribution in [1.82, 2.24) is 4.31 Å². The molecule has 7 nitrogen and oxygen atoms in total. The summed E-state index contributed by atoms with van der Waals surface area (Å²) >= 11 is 6.06. The SMILES string of the molecule is CCOc1ccc(Cl)cc1S(=O)(=O)N1CCCC(C(=O)Nc2ccc(C3(C#N)CC3)cc2)C1. The highest BCUT2D eigenvalue weighted by atomic mass is 35.5. The second-order valence-corrected chi connectivity index (χ2v) is 10.8. The zero-order valence-corrected chi connectivity index (χ0v) is 20.0. The van der Waals surface area contributed by atoms with Gasteiger partial charge in [-0.1, -0.05) is 23.7 Å². The lowest BCUT2D eigenvalue weighted by Crippen LogP contribution is -2.43. The minimum Gasteiger partial charge on any atom is -0.492 e. The largest absolute Gasteiger partial charge is 0.492 e. The van der Waals surface area contributed by atoms with E-state index in [9.17, 15) is 18.5 Å². The topological polar surface area (TPSA) is 99.5 Å². The Morgan fingerprint density at radius 3 is 2.64 bits per heavy atom. The van der Waals surface area contributed by atoms with E-state index in [0.717, 1.165) is 18.4 Å². The molecular formula is C24H26ClN3O4S. The number of amides is 1. The van der Waals surface area contributed by atoms with E-state index in [2.05, 4.69) is 11.4 Å². The molecule has 1 unspecified atom stereocenters. The van der Waals surface area contributed by atoms with Gasteiger partial charge in [0.05, 0.1) is 24.0 Å². The Hall–Kier alpha value is -2.60. The average molecular weight is 488 g/mol. The van der Waals surface area contributed by atoms with E-state index >= 15 is 0 Å². The van der Waals surface area contributed by atoms with E-state index in [1.807, 2.05) is 12.1 Å². The van der Waals surface area contributed by atoms with Gasteiger partial charge in [-0.15, -0.1) is 0 Å². The average Bonchev–Trinajstić information content (AvgIpc) is 3.62. The number of anilines is 1. The number of rotatable bonds is 7. The molecule has 2 fully saturated rings. The van der Waals surface area contributed by atoms with Crippen LogP contribution in [0.15, 0.2) is 47.4 Å². The summed E-state index contributed by atoms with van der Waals surface area (Å²) in [5.74, 6) is -0.448. The second-order valence-electron chi connectivity index (χ2n) is 8.49. The molecule has 2 aromatic carbocycles. The predicted octanol–water partition coefficient (Wildman–Crippen LogP) is 4.33. The maximum atomic E-state index is 13.4. The van der Waals surface area contributed by atoms with Crippen LogP contribution in [-0.4, -0.2) is 38.3 Å². The van der Waals surface area contributed by atoms with Crippen molar-refractivity contribution >= 4 is 33.2 Å². The van der Waals surface area contributed by atoms with Gasteiger partial charge in [-0.2, -0.15) is 9.57 Å². The monoisotopic (exact) mass is 487 g/mol. The van der Waals surface area contributed by atoms with Crippen LogP contribution in [0.25, 0.3) is 0 Å².